The molecular weight excluding hydrogens is 502 g/mol. The van der Waals surface area contributed by atoms with E-state index in [0.29, 0.717) is 31.6 Å². The molecule has 0 aliphatic carbocycles. The van der Waals surface area contributed by atoms with E-state index in [1.165, 1.54) is 0 Å². The zero-order valence-electron chi connectivity index (χ0n) is 15.5. The van der Waals surface area contributed by atoms with Gasteiger partial charge in [0.1, 0.15) is 23.1 Å². The number of aryl methyl sites for hydroxylation is 1. The average Bonchev–Trinajstić information content (AvgIpc) is 2.70. The summed E-state index contributed by atoms with van der Waals surface area (Å²) in [7, 11) is 3.27. The third-order valence-electron chi connectivity index (χ3n) is 5.02. The van der Waals surface area contributed by atoms with Gasteiger partial charge in [0, 0.05) is 12.4 Å². The van der Waals surface area contributed by atoms with Gasteiger partial charge in [0.05, 0.1) is 33.1 Å². The summed E-state index contributed by atoms with van der Waals surface area (Å²) in [6.07, 6.45) is 0. The van der Waals surface area contributed by atoms with Gasteiger partial charge in [-0.1, -0.05) is 12.1 Å². The first-order valence-corrected chi connectivity index (χ1v) is 10.2. The Morgan fingerprint density at radius 1 is 1.24 bits per heavy atom. The molecule has 0 amide bonds. The second-order valence-electron chi connectivity index (χ2n) is 6.57. The maximum absolute atomic E-state index is 13.3. The molecule has 0 saturated carbocycles. The molecule has 1 atom stereocenters. The molecule has 3 aromatic rings. The van der Waals surface area contributed by atoms with Crippen molar-refractivity contribution in [1.82, 2.24) is 4.57 Å². The molecular formula is C21H15Br2N3O3. The van der Waals surface area contributed by atoms with E-state index >= 15 is 0 Å². The van der Waals surface area contributed by atoms with Crippen LogP contribution < -0.4 is 20.8 Å². The minimum Gasteiger partial charge on any atom is -0.494 e. The molecule has 2 N–H and O–H groups in total. The van der Waals surface area contributed by atoms with Gasteiger partial charge in [-0.3, -0.25) is 4.79 Å². The summed E-state index contributed by atoms with van der Waals surface area (Å²) in [6.45, 7) is 0. The van der Waals surface area contributed by atoms with Crippen LogP contribution in [-0.4, -0.2) is 11.7 Å². The maximum Gasteiger partial charge on any atom is 0.258 e. The number of nitrogens with zero attached hydrogens (tertiary/aromatic N) is 2. The van der Waals surface area contributed by atoms with Gasteiger partial charge in [0.15, 0.2) is 0 Å². The minimum atomic E-state index is -0.675. The lowest BCUT2D eigenvalue weighted by Gasteiger charge is -2.28. The van der Waals surface area contributed by atoms with Gasteiger partial charge in [-0.25, -0.2) is 0 Å². The summed E-state index contributed by atoms with van der Waals surface area (Å²) in [5, 5.41) is 10.6. The van der Waals surface area contributed by atoms with E-state index in [0.717, 1.165) is 10.9 Å². The van der Waals surface area contributed by atoms with Crippen LogP contribution in [0.15, 0.2) is 61.6 Å². The van der Waals surface area contributed by atoms with Crippen LogP contribution in [0, 0.1) is 11.3 Å². The molecule has 2 aromatic carbocycles. The van der Waals surface area contributed by atoms with Crippen LogP contribution in [0.4, 0.5) is 0 Å². The fraction of sp³-hybridized carbons (Fsp3) is 0.143. The number of nitrogens with two attached hydrogens (primary N) is 1. The second kappa shape index (κ2) is 7.25. The number of fused-ring (bicyclic) bond motifs is 3. The van der Waals surface area contributed by atoms with Gasteiger partial charge in [-0.2, -0.15) is 5.26 Å². The first-order chi connectivity index (χ1) is 13.9. The summed E-state index contributed by atoms with van der Waals surface area (Å²) in [4.78, 5) is 13.3. The molecule has 0 bridgehead atoms. The topological polar surface area (TPSA) is 90.3 Å². The molecule has 1 aliphatic rings. The highest BCUT2D eigenvalue weighted by atomic mass is 79.9. The van der Waals surface area contributed by atoms with Gasteiger partial charge in [-0.15, -0.1) is 0 Å². The molecule has 2 heterocycles. The van der Waals surface area contributed by atoms with Crippen molar-refractivity contribution in [3.63, 3.8) is 0 Å². The van der Waals surface area contributed by atoms with E-state index in [-0.39, 0.29) is 17.0 Å². The third kappa shape index (κ3) is 2.93. The Kier molecular flexibility index (Phi) is 4.89. The smallest absolute Gasteiger partial charge is 0.258 e. The van der Waals surface area contributed by atoms with Crippen molar-refractivity contribution >= 4 is 42.8 Å². The number of ether oxygens (including phenoxy) is 2. The molecule has 29 heavy (non-hydrogen) atoms. The second-order valence-corrected chi connectivity index (χ2v) is 8.28. The van der Waals surface area contributed by atoms with Crippen LogP contribution in [-0.2, 0) is 7.05 Å². The first-order valence-electron chi connectivity index (χ1n) is 8.61. The minimum absolute atomic E-state index is 0.00790. The largest absolute Gasteiger partial charge is 0.494 e. The van der Waals surface area contributed by atoms with Crippen molar-refractivity contribution in [1.29, 1.82) is 5.26 Å². The highest BCUT2D eigenvalue weighted by molar-refractivity contribution is 9.11. The fourth-order valence-electron chi connectivity index (χ4n) is 3.70. The summed E-state index contributed by atoms with van der Waals surface area (Å²) >= 11 is 6.99. The zero-order chi connectivity index (χ0) is 20.9. The van der Waals surface area contributed by atoms with Crippen LogP contribution >= 0.6 is 31.9 Å². The van der Waals surface area contributed by atoms with E-state index in [9.17, 15) is 10.1 Å². The lowest BCUT2D eigenvalue weighted by Crippen LogP contribution is -2.31. The van der Waals surface area contributed by atoms with Gasteiger partial charge in [0.2, 0.25) is 5.88 Å². The number of halogens is 2. The molecule has 0 radical (unpaired) electrons. The van der Waals surface area contributed by atoms with Crippen molar-refractivity contribution in [2.45, 2.75) is 5.92 Å². The number of allylic oxidation sites excluding steroid dienone is 1. The van der Waals surface area contributed by atoms with Crippen molar-refractivity contribution in [3.8, 4) is 17.6 Å². The van der Waals surface area contributed by atoms with Crippen LogP contribution in [0.3, 0.4) is 0 Å². The number of nitriles is 1. The molecule has 1 aromatic heterocycles. The molecule has 8 heteroatoms. The molecule has 1 aliphatic heterocycles. The number of para-hydroxylation sites is 1. The number of benzene rings is 2. The van der Waals surface area contributed by atoms with E-state index in [4.69, 9.17) is 15.2 Å². The Hall–Kier alpha value is -2.76. The molecule has 146 valence electrons. The third-order valence-corrected chi connectivity index (χ3v) is 6.20. The van der Waals surface area contributed by atoms with Crippen LogP contribution in [0.5, 0.6) is 11.5 Å². The molecule has 6 nitrogen and oxygen atoms in total. The molecule has 1 unspecified atom stereocenters. The molecule has 0 saturated heterocycles. The molecule has 0 fully saturated rings. The quantitative estimate of drug-likeness (QED) is 0.548. The van der Waals surface area contributed by atoms with Crippen molar-refractivity contribution in [3.05, 3.63) is 78.3 Å². The number of hydrogen-bond acceptors (Lipinski definition) is 5. The Balaban J connectivity index is 2.11. The summed E-state index contributed by atoms with van der Waals surface area (Å²) in [5.41, 5.74) is 7.87. The lowest BCUT2D eigenvalue weighted by atomic mass is 9.83. The number of aromatic nitrogens is 1. The average molecular weight is 517 g/mol. The van der Waals surface area contributed by atoms with E-state index in [1.807, 2.05) is 36.4 Å². The fourth-order valence-corrected chi connectivity index (χ4v) is 5.25. The van der Waals surface area contributed by atoms with Gasteiger partial charge in [-0.05, 0) is 61.7 Å². The van der Waals surface area contributed by atoms with Crippen LogP contribution in [0.2, 0.25) is 0 Å². The van der Waals surface area contributed by atoms with E-state index in [1.54, 1.807) is 18.7 Å². The first kappa shape index (κ1) is 19.6. The maximum atomic E-state index is 13.3. The normalized spacial score (nSPS) is 15.6. The number of rotatable bonds is 2. The van der Waals surface area contributed by atoms with E-state index in [2.05, 4.69) is 37.9 Å². The Morgan fingerprint density at radius 3 is 2.52 bits per heavy atom. The summed E-state index contributed by atoms with van der Waals surface area (Å²) in [6, 6.07) is 13.2. The Labute approximate surface area is 183 Å². The van der Waals surface area contributed by atoms with Crippen molar-refractivity contribution in [2.75, 3.05) is 7.11 Å². The van der Waals surface area contributed by atoms with Gasteiger partial charge < -0.3 is 19.8 Å². The summed E-state index contributed by atoms with van der Waals surface area (Å²) < 4.78 is 14.1. The van der Waals surface area contributed by atoms with Crippen molar-refractivity contribution in [2.24, 2.45) is 12.8 Å². The number of methoxy groups -OCH3 is 1. The Bertz CT molecular complexity index is 1280. The van der Waals surface area contributed by atoms with E-state index < -0.39 is 5.92 Å². The highest BCUT2D eigenvalue weighted by Crippen LogP contribution is 2.46. The van der Waals surface area contributed by atoms with Crippen LogP contribution in [0.1, 0.15) is 17.0 Å². The number of pyridine rings is 1. The van der Waals surface area contributed by atoms with Gasteiger partial charge >= 0.3 is 0 Å². The molecule has 0 spiro atoms. The zero-order valence-corrected chi connectivity index (χ0v) is 18.7. The highest BCUT2D eigenvalue weighted by Gasteiger charge is 2.35. The Morgan fingerprint density at radius 2 is 1.90 bits per heavy atom. The van der Waals surface area contributed by atoms with Crippen LogP contribution in [0.25, 0.3) is 10.9 Å². The van der Waals surface area contributed by atoms with Crippen molar-refractivity contribution < 1.29 is 9.47 Å². The number of hydrogen-bond donors (Lipinski definition) is 1. The SMILES string of the molecule is COc1c(Br)cc(C2C(C#N)=C(N)Oc3c2c(=O)n(C)c2ccccc32)cc1Br. The monoisotopic (exact) mass is 515 g/mol. The lowest BCUT2D eigenvalue weighted by molar-refractivity contribution is 0.395. The summed E-state index contributed by atoms with van der Waals surface area (Å²) in [5.74, 6) is 0.313. The standard InChI is InChI=1S/C21H15Br2N3O3/c1-26-15-6-4-3-5-11(15)18-17(21(26)27)16(12(9-24)20(25)29-18)10-7-13(22)19(28-2)14(23)8-10/h3-8,16H,25H2,1-2H3. The predicted octanol–water partition coefficient (Wildman–Crippen LogP) is 4.29. The van der Waals surface area contributed by atoms with Gasteiger partial charge in [0.25, 0.3) is 5.56 Å². The molecule has 4 rings (SSSR count). The predicted molar refractivity (Wildman–Crippen MR) is 117 cm³/mol.